The molecule has 1 amide bonds. The summed E-state index contributed by atoms with van der Waals surface area (Å²) in [6.07, 6.45) is 2.37. The molecule has 0 aromatic carbocycles. The van der Waals surface area contributed by atoms with Gasteiger partial charge in [-0.3, -0.25) is 4.79 Å². The van der Waals surface area contributed by atoms with Gasteiger partial charge in [0.1, 0.15) is 6.61 Å². The predicted octanol–water partition coefficient (Wildman–Crippen LogP) is 1.65. The van der Waals surface area contributed by atoms with Crippen molar-refractivity contribution in [2.45, 2.75) is 24.6 Å². The van der Waals surface area contributed by atoms with Crippen LogP contribution in [0.2, 0.25) is 0 Å². The highest BCUT2D eigenvalue weighted by Gasteiger charge is 2.28. The molecule has 14 heavy (non-hydrogen) atoms. The minimum atomic E-state index is 0.0878. The van der Waals surface area contributed by atoms with Crippen molar-refractivity contribution in [3.8, 4) is 0 Å². The summed E-state index contributed by atoms with van der Waals surface area (Å²) >= 11 is 3.54. The molecule has 0 saturated heterocycles. The molecule has 1 rings (SSSR count). The zero-order chi connectivity index (χ0) is 10.6. The topological polar surface area (TPSA) is 29.5 Å². The molecular weight excluding hydrogens is 246 g/mol. The maximum atomic E-state index is 11.4. The SMILES string of the molecule is CCOCC(=O)N(C)CC1CC(Br)C1. The van der Waals surface area contributed by atoms with Crippen molar-refractivity contribution in [2.75, 3.05) is 26.8 Å². The molecular formula is C10H18BrNO2. The number of rotatable bonds is 5. The van der Waals surface area contributed by atoms with Gasteiger partial charge in [0.05, 0.1) is 0 Å². The van der Waals surface area contributed by atoms with Gasteiger partial charge in [-0.2, -0.15) is 0 Å². The molecule has 0 aromatic rings. The molecule has 0 aliphatic heterocycles. The molecule has 0 radical (unpaired) electrons. The highest BCUT2D eigenvalue weighted by atomic mass is 79.9. The average molecular weight is 264 g/mol. The summed E-state index contributed by atoms with van der Waals surface area (Å²) in [5, 5.41) is 0. The van der Waals surface area contributed by atoms with Crippen molar-refractivity contribution in [3.05, 3.63) is 0 Å². The lowest BCUT2D eigenvalue weighted by atomic mass is 9.85. The van der Waals surface area contributed by atoms with Crippen LogP contribution in [0.25, 0.3) is 0 Å². The van der Waals surface area contributed by atoms with E-state index < -0.39 is 0 Å². The van der Waals surface area contributed by atoms with Crippen LogP contribution in [0.1, 0.15) is 19.8 Å². The summed E-state index contributed by atoms with van der Waals surface area (Å²) in [6, 6.07) is 0. The van der Waals surface area contributed by atoms with Gasteiger partial charge in [-0.15, -0.1) is 0 Å². The predicted molar refractivity (Wildman–Crippen MR) is 59.6 cm³/mol. The summed E-state index contributed by atoms with van der Waals surface area (Å²) in [7, 11) is 1.85. The largest absolute Gasteiger partial charge is 0.372 e. The zero-order valence-corrected chi connectivity index (χ0v) is 10.4. The van der Waals surface area contributed by atoms with Crippen LogP contribution in [0.5, 0.6) is 0 Å². The molecule has 82 valence electrons. The molecule has 1 fully saturated rings. The van der Waals surface area contributed by atoms with Gasteiger partial charge in [0, 0.05) is 25.0 Å². The highest BCUT2D eigenvalue weighted by molar-refractivity contribution is 9.09. The van der Waals surface area contributed by atoms with Crippen LogP contribution in [-0.4, -0.2) is 42.4 Å². The number of ether oxygens (including phenoxy) is 1. The number of amides is 1. The molecule has 1 aliphatic rings. The second-order valence-corrected chi connectivity index (χ2v) is 5.14. The molecule has 0 heterocycles. The third-order valence-electron chi connectivity index (χ3n) is 2.57. The van der Waals surface area contributed by atoms with E-state index in [-0.39, 0.29) is 12.5 Å². The fourth-order valence-corrected chi connectivity index (χ4v) is 2.65. The standard InChI is InChI=1S/C10H18BrNO2/c1-3-14-7-10(13)12(2)6-8-4-9(11)5-8/h8-9H,3-7H2,1-2H3. The highest BCUT2D eigenvalue weighted by Crippen LogP contribution is 2.33. The summed E-state index contributed by atoms with van der Waals surface area (Å²) in [6.45, 7) is 3.59. The smallest absolute Gasteiger partial charge is 0.248 e. The number of hydrogen-bond donors (Lipinski definition) is 0. The van der Waals surface area contributed by atoms with Crippen molar-refractivity contribution in [1.29, 1.82) is 0 Å². The Hall–Kier alpha value is -0.0900. The molecule has 1 aliphatic carbocycles. The summed E-state index contributed by atoms with van der Waals surface area (Å²) in [5.41, 5.74) is 0. The van der Waals surface area contributed by atoms with Crippen molar-refractivity contribution in [2.24, 2.45) is 5.92 Å². The molecule has 0 N–H and O–H groups in total. The van der Waals surface area contributed by atoms with Crippen LogP contribution >= 0.6 is 15.9 Å². The Morgan fingerprint density at radius 2 is 2.21 bits per heavy atom. The lowest BCUT2D eigenvalue weighted by molar-refractivity contribution is -0.135. The Morgan fingerprint density at radius 1 is 1.57 bits per heavy atom. The number of carbonyl (C=O) groups is 1. The second kappa shape index (κ2) is 5.71. The van der Waals surface area contributed by atoms with Gasteiger partial charge in [0.15, 0.2) is 0 Å². The van der Waals surface area contributed by atoms with Gasteiger partial charge < -0.3 is 9.64 Å². The maximum Gasteiger partial charge on any atom is 0.248 e. The van der Waals surface area contributed by atoms with E-state index in [1.807, 2.05) is 14.0 Å². The average Bonchev–Trinajstić information content (AvgIpc) is 2.11. The van der Waals surface area contributed by atoms with E-state index in [0.717, 1.165) is 6.54 Å². The third kappa shape index (κ3) is 3.58. The molecule has 0 bridgehead atoms. The number of carbonyl (C=O) groups excluding carboxylic acids is 1. The van der Waals surface area contributed by atoms with Crippen LogP contribution in [0.3, 0.4) is 0 Å². The van der Waals surface area contributed by atoms with Crippen LogP contribution in [0.4, 0.5) is 0 Å². The van der Waals surface area contributed by atoms with Crippen molar-refractivity contribution in [3.63, 3.8) is 0 Å². The Balaban J connectivity index is 2.14. The van der Waals surface area contributed by atoms with Crippen molar-refractivity contribution < 1.29 is 9.53 Å². The van der Waals surface area contributed by atoms with Gasteiger partial charge in [-0.25, -0.2) is 0 Å². The molecule has 0 spiro atoms. The number of alkyl halides is 1. The fourth-order valence-electron chi connectivity index (χ4n) is 1.59. The molecule has 0 aromatic heterocycles. The second-order valence-electron chi connectivity index (χ2n) is 3.85. The molecule has 4 heteroatoms. The monoisotopic (exact) mass is 263 g/mol. The number of halogens is 1. The van der Waals surface area contributed by atoms with E-state index in [1.54, 1.807) is 4.90 Å². The van der Waals surface area contributed by atoms with Gasteiger partial charge in [-0.1, -0.05) is 15.9 Å². The lowest BCUT2D eigenvalue weighted by Crippen LogP contribution is -2.39. The Labute approximate surface area is 93.9 Å². The van der Waals surface area contributed by atoms with E-state index in [2.05, 4.69) is 15.9 Å². The van der Waals surface area contributed by atoms with Gasteiger partial charge in [0.2, 0.25) is 5.91 Å². The van der Waals surface area contributed by atoms with E-state index in [4.69, 9.17) is 4.74 Å². The zero-order valence-electron chi connectivity index (χ0n) is 8.83. The van der Waals surface area contributed by atoms with Gasteiger partial charge >= 0.3 is 0 Å². The van der Waals surface area contributed by atoms with Gasteiger partial charge in [0.25, 0.3) is 0 Å². The number of hydrogen-bond acceptors (Lipinski definition) is 2. The Morgan fingerprint density at radius 3 is 2.71 bits per heavy atom. The van der Waals surface area contributed by atoms with Crippen molar-refractivity contribution >= 4 is 21.8 Å². The summed E-state index contributed by atoms with van der Waals surface area (Å²) in [4.78, 5) is 13.9. The van der Waals surface area contributed by atoms with Crippen LogP contribution in [0, 0.1) is 5.92 Å². The van der Waals surface area contributed by atoms with Crippen molar-refractivity contribution in [1.82, 2.24) is 4.90 Å². The molecule has 0 unspecified atom stereocenters. The van der Waals surface area contributed by atoms with Gasteiger partial charge in [-0.05, 0) is 25.7 Å². The molecule has 0 atom stereocenters. The first-order valence-electron chi connectivity index (χ1n) is 5.09. The van der Waals surface area contributed by atoms with E-state index in [9.17, 15) is 4.79 Å². The summed E-state index contributed by atoms with van der Waals surface area (Å²) in [5.74, 6) is 0.764. The molecule has 1 saturated carbocycles. The minimum absolute atomic E-state index is 0.0878. The first-order valence-corrected chi connectivity index (χ1v) is 6.00. The van der Waals surface area contributed by atoms with E-state index in [1.165, 1.54) is 12.8 Å². The number of likely N-dealkylation sites (N-methyl/N-ethyl adjacent to an activating group) is 1. The first-order chi connectivity index (χ1) is 6.63. The summed E-state index contributed by atoms with van der Waals surface area (Å²) < 4.78 is 5.07. The fraction of sp³-hybridized carbons (Fsp3) is 0.900. The van der Waals surface area contributed by atoms with E-state index in [0.29, 0.717) is 17.4 Å². The quantitative estimate of drug-likeness (QED) is 0.707. The third-order valence-corrected chi connectivity index (χ3v) is 3.31. The maximum absolute atomic E-state index is 11.4. The Bertz CT molecular complexity index is 193. The minimum Gasteiger partial charge on any atom is -0.372 e. The molecule has 3 nitrogen and oxygen atoms in total. The lowest BCUT2D eigenvalue weighted by Gasteiger charge is -2.34. The van der Waals surface area contributed by atoms with E-state index >= 15 is 0 Å². The first kappa shape index (κ1) is 12.0. The number of nitrogens with zero attached hydrogens (tertiary/aromatic N) is 1. The Kier molecular flexibility index (Phi) is 4.89. The van der Waals surface area contributed by atoms with Crippen LogP contribution in [-0.2, 0) is 9.53 Å². The van der Waals surface area contributed by atoms with Crippen LogP contribution < -0.4 is 0 Å². The normalized spacial score (nSPS) is 25.6. The van der Waals surface area contributed by atoms with Crippen LogP contribution in [0.15, 0.2) is 0 Å².